The number of thiazole rings is 1. The Hall–Kier alpha value is -5.72. The zero-order valence-electron chi connectivity index (χ0n) is 23.3. The molecule has 0 spiro atoms. The largest absolute Gasteiger partial charge is 0.453 e. The van der Waals surface area contributed by atoms with Crippen molar-refractivity contribution >= 4 is 54.3 Å². The highest BCUT2D eigenvalue weighted by molar-refractivity contribution is 7.22. The summed E-state index contributed by atoms with van der Waals surface area (Å²) in [5, 5.41) is 5.15. The van der Waals surface area contributed by atoms with Crippen molar-refractivity contribution in [3.8, 4) is 44.7 Å². The van der Waals surface area contributed by atoms with E-state index >= 15 is 0 Å². The Morgan fingerprint density at radius 2 is 1.05 bits per heavy atom. The SMILES string of the molecule is c1ccc(-c2nc(-c3ccccc3)nc(-c3cc4c5ccc6ccccc6c5oc4c4nc(-c5ccccc5)sc34)n2)cc1. The molecular formula is C38H22N4OS. The number of hydrogen-bond acceptors (Lipinski definition) is 6. The minimum Gasteiger partial charge on any atom is -0.453 e. The van der Waals surface area contributed by atoms with Crippen LogP contribution in [0.5, 0.6) is 0 Å². The molecule has 0 aliphatic rings. The first-order valence-electron chi connectivity index (χ1n) is 14.4. The maximum atomic E-state index is 6.70. The van der Waals surface area contributed by atoms with Gasteiger partial charge in [0.2, 0.25) is 0 Å². The Morgan fingerprint density at radius 1 is 0.455 bits per heavy atom. The van der Waals surface area contributed by atoms with Gasteiger partial charge in [0.1, 0.15) is 16.1 Å². The second-order valence-corrected chi connectivity index (χ2v) is 11.7. The summed E-state index contributed by atoms with van der Waals surface area (Å²) in [6.07, 6.45) is 0. The Balaban J connectivity index is 1.39. The molecule has 6 aromatic carbocycles. The van der Waals surface area contributed by atoms with Gasteiger partial charge in [-0.25, -0.2) is 19.9 Å². The van der Waals surface area contributed by atoms with Crippen molar-refractivity contribution in [1.82, 2.24) is 19.9 Å². The lowest BCUT2D eigenvalue weighted by Crippen LogP contribution is -2.00. The van der Waals surface area contributed by atoms with Crippen molar-refractivity contribution in [3.05, 3.63) is 133 Å². The summed E-state index contributed by atoms with van der Waals surface area (Å²) in [6, 6.07) is 45.2. The van der Waals surface area contributed by atoms with Gasteiger partial charge in [-0.1, -0.05) is 121 Å². The normalized spacial score (nSPS) is 11.6. The van der Waals surface area contributed by atoms with Crippen LogP contribution in [0.1, 0.15) is 0 Å². The standard InChI is InChI=1S/C38H22N4OS/c1-4-13-24(14-5-1)35-40-36(25-15-6-2-7-16-25)42-37(41-35)30-22-29-28-21-20-23-12-10-11-19-27(23)32(28)43-33(29)31-34(30)44-38(39-31)26-17-8-3-9-18-26/h1-22H. The minimum absolute atomic E-state index is 0.600. The number of benzene rings is 6. The zero-order valence-corrected chi connectivity index (χ0v) is 24.1. The number of hydrogen-bond donors (Lipinski definition) is 0. The maximum Gasteiger partial charge on any atom is 0.165 e. The van der Waals surface area contributed by atoms with Crippen molar-refractivity contribution in [2.75, 3.05) is 0 Å². The van der Waals surface area contributed by atoms with Crippen molar-refractivity contribution < 1.29 is 4.42 Å². The van der Waals surface area contributed by atoms with E-state index < -0.39 is 0 Å². The van der Waals surface area contributed by atoms with E-state index in [2.05, 4.69) is 48.5 Å². The molecule has 0 radical (unpaired) electrons. The van der Waals surface area contributed by atoms with Gasteiger partial charge in [-0.05, 0) is 17.5 Å². The molecule has 0 bridgehead atoms. The lowest BCUT2D eigenvalue weighted by Gasteiger charge is -2.09. The van der Waals surface area contributed by atoms with Crippen molar-refractivity contribution in [3.63, 3.8) is 0 Å². The Bertz CT molecular complexity index is 2430. The van der Waals surface area contributed by atoms with E-state index in [-0.39, 0.29) is 0 Å². The molecule has 0 amide bonds. The van der Waals surface area contributed by atoms with Crippen molar-refractivity contribution in [2.24, 2.45) is 0 Å². The molecule has 0 saturated heterocycles. The summed E-state index contributed by atoms with van der Waals surface area (Å²) in [4.78, 5) is 20.3. The highest BCUT2D eigenvalue weighted by Crippen LogP contribution is 2.44. The molecule has 0 aliphatic heterocycles. The molecule has 0 unspecified atom stereocenters. The molecule has 9 rings (SSSR count). The van der Waals surface area contributed by atoms with Gasteiger partial charge in [-0.2, -0.15) is 0 Å². The van der Waals surface area contributed by atoms with Crippen LogP contribution >= 0.6 is 11.3 Å². The summed E-state index contributed by atoms with van der Waals surface area (Å²) in [5.41, 5.74) is 6.26. The number of rotatable bonds is 4. The third-order valence-electron chi connectivity index (χ3n) is 7.96. The molecule has 206 valence electrons. The topological polar surface area (TPSA) is 64.7 Å². The quantitative estimate of drug-likeness (QED) is 0.207. The van der Waals surface area contributed by atoms with E-state index in [0.29, 0.717) is 17.5 Å². The van der Waals surface area contributed by atoms with Crippen LogP contribution in [-0.4, -0.2) is 19.9 Å². The van der Waals surface area contributed by atoms with Crippen molar-refractivity contribution in [2.45, 2.75) is 0 Å². The van der Waals surface area contributed by atoms with Gasteiger partial charge >= 0.3 is 0 Å². The van der Waals surface area contributed by atoms with Crippen LogP contribution in [0.2, 0.25) is 0 Å². The molecule has 44 heavy (non-hydrogen) atoms. The third kappa shape index (κ3) is 4.00. The first kappa shape index (κ1) is 24.8. The smallest absolute Gasteiger partial charge is 0.165 e. The average molecular weight is 583 g/mol. The molecule has 0 aliphatic carbocycles. The summed E-state index contributed by atoms with van der Waals surface area (Å²) < 4.78 is 7.67. The van der Waals surface area contributed by atoms with Crippen LogP contribution in [0.3, 0.4) is 0 Å². The fourth-order valence-electron chi connectivity index (χ4n) is 5.83. The van der Waals surface area contributed by atoms with Crippen LogP contribution in [0.15, 0.2) is 138 Å². The molecule has 0 N–H and O–H groups in total. The van der Waals surface area contributed by atoms with Gasteiger partial charge < -0.3 is 4.42 Å². The minimum atomic E-state index is 0.600. The number of fused-ring (bicyclic) bond motifs is 7. The zero-order chi connectivity index (χ0) is 29.0. The maximum absolute atomic E-state index is 6.70. The second kappa shape index (κ2) is 9.93. The first-order chi connectivity index (χ1) is 21.8. The third-order valence-corrected chi connectivity index (χ3v) is 9.09. The van der Waals surface area contributed by atoms with Crippen LogP contribution in [0.25, 0.3) is 87.7 Å². The van der Waals surface area contributed by atoms with E-state index in [0.717, 1.165) is 70.2 Å². The summed E-state index contributed by atoms with van der Waals surface area (Å²) in [7, 11) is 0. The fourth-order valence-corrected chi connectivity index (χ4v) is 6.91. The number of nitrogens with zero attached hydrogens (tertiary/aromatic N) is 4. The summed E-state index contributed by atoms with van der Waals surface area (Å²) in [6.45, 7) is 0. The predicted octanol–water partition coefficient (Wildman–Crippen LogP) is 10.2. The van der Waals surface area contributed by atoms with E-state index in [1.54, 1.807) is 11.3 Å². The van der Waals surface area contributed by atoms with Gasteiger partial charge in [0.05, 0.1) is 4.70 Å². The molecule has 0 saturated carbocycles. The molecule has 0 atom stereocenters. The molecule has 6 heteroatoms. The predicted molar refractivity (Wildman–Crippen MR) is 180 cm³/mol. The highest BCUT2D eigenvalue weighted by Gasteiger charge is 2.23. The van der Waals surface area contributed by atoms with Gasteiger partial charge in [0.15, 0.2) is 23.1 Å². The lowest BCUT2D eigenvalue weighted by molar-refractivity contribution is 0.675. The Labute approximate surface area is 256 Å². The second-order valence-electron chi connectivity index (χ2n) is 10.7. The molecule has 3 aromatic heterocycles. The van der Waals surface area contributed by atoms with Gasteiger partial charge in [0, 0.05) is 38.4 Å². The average Bonchev–Trinajstić information content (AvgIpc) is 3.72. The van der Waals surface area contributed by atoms with Gasteiger partial charge in [0.25, 0.3) is 0 Å². The van der Waals surface area contributed by atoms with Gasteiger partial charge in [-0.3, -0.25) is 0 Å². The lowest BCUT2D eigenvalue weighted by atomic mass is 10.0. The molecule has 5 nitrogen and oxygen atoms in total. The molecule has 3 heterocycles. The molecule has 9 aromatic rings. The Morgan fingerprint density at radius 3 is 1.73 bits per heavy atom. The fraction of sp³-hybridized carbons (Fsp3) is 0. The summed E-state index contributed by atoms with van der Waals surface area (Å²) >= 11 is 1.63. The van der Waals surface area contributed by atoms with Crippen LogP contribution in [0.4, 0.5) is 0 Å². The van der Waals surface area contributed by atoms with Crippen molar-refractivity contribution in [1.29, 1.82) is 0 Å². The van der Waals surface area contributed by atoms with E-state index in [4.69, 9.17) is 24.4 Å². The highest BCUT2D eigenvalue weighted by atomic mass is 32.1. The van der Waals surface area contributed by atoms with E-state index in [1.165, 1.54) is 0 Å². The number of furan rings is 1. The molecule has 0 fully saturated rings. The summed E-state index contributed by atoms with van der Waals surface area (Å²) in [5.74, 6) is 1.85. The van der Waals surface area contributed by atoms with Gasteiger partial charge in [-0.15, -0.1) is 11.3 Å². The van der Waals surface area contributed by atoms with E-state index in [9.17, 15) is 0 Å². The van der Waals surface area contributed by atoms with Crippen LogP contribution < -0.4 is 0 Å². The van der Waals surface area contributed by atoms with E-state index in [1.807, 2.05) is 84.9 Å². The Kier molecular flexibility index (Phi) is 5.61. The monoisotopic (exact) mass is 582 g/mol. The number of aromatic nitrogens is 4. The van der Waals surface area contributed by atoms with Crippen LogP contribution in [-0.2, 0) is 0 Å². The molecular weight excluding hydrogens is 561 g/mol. The first-order valence-corrected chi connectivity index (χ1v) is 15.2. The van der Waals surface area contributed by atoms with Crippen LogP contribution in [0, 0.1) is 0 Å².